The topological polar surface area (TPSA) is 62.7 Å². The van der Waals surface area contributed by atoms with E-state index in [4.69, 9.17) is 9.72 Å². The Balaban J connectivity index is 1.72. The Morgan fingerprint density at radius 1 is 1.20 bits per heavy atom. The molecule has 1 fully saturated rings. The van der Waals surface area contributed by atoms with Gasteiger partial charge in [-0.3, -0.25) is 9.11 Å². The second-order valence-electron chi connectivity index (χ2n) is 7.94. The van der Waals surface area contributed by atoms with Crippen molar-refractivity contribution in [1.82, 2.24) is 9.88 Å². The van der Waals surface area contributed by atoms with E-state index in [1.807, 2.05) is 6.07 Å². The highest BCUT2D eigenvalue weighted by Gasteiger charge is 2.26. The van der Waals surface area contributed by atoms with Gasteiger partial charge in [-0.05, 0) is 61.8 Å². The van der Waals surface area contributed by atoms with Crippen LogP contribution in [0, 0.1) is 5.82 Å². The molecule has 1 saturated heterocycles. The number of ether oxygens (including phenoxy) is 1. The predicted molar refractivity (Wildman–Crippen MR) is 115 cm³/mol. The maximum Gasteiger partial charge on any atom is 0.164 e. The average Bonchev–Trinajstić information content (AvgIpc) is 2.75. The summed E-state index contributed by atoms with van der Waals surface area (Å²) in [7, 11) is 0.287. The average molecular weight is 427 g/mol. The van der Waals surface area contributed by atoms with Crippen LogP contribution in [0.15, 0.2) is 35.2 Å². The van der Waals surface area contributed by atoms with Gasteiger partial charge in [0.1, 0.15) is 5.82 Å². The van der Waals surface area contributed by atoms with Gasteiger partial charge in [0.15, 0.2) is 11.5 Å². The lowest BCUT2D eigenvalue weighted by Gasteiger charge is -2.27. The number of methoxy groups -OCH3 is 1. The van der Waals surface area contributed by atoms with Crippen LogP contribution < -0.4 is 4.74 Å². The lowest BCUT2D eigenvalue weighted by Crippen LogP contribution is -2.29. The maximum atomic E-state index is 14.0. The molecule has 3 heterocycles. The van der Waals surface area contributed by atoms with Crippen LogP contribution in [-0.4, -0.2) is 39.4 Å². The number of pyridine rings is 1. The first-order valence-corrected chi connectivity index (χ1v) is 11.5. The van der Waals surface area contributed by atoms with Gasteiger partial charge in [-0.1, -0.05) is 6.42 Å². The number of aromatic nitrogens is 1. The van der Waals surface area contributed by atoms with Gasteiger partial charge < -0.3 is 9.84 Å². The van der Waals surface area contributed by atoms with Gasteiger partial charge in [0.2, 0.25) is 0 Å². The Labute approximate surface area is 177 Å². The molecule has 2 aliphatic rings. The lowest BCUT2D eigenvalue weighted by molar-refractivity contribution is 0.218. The molecule has 2 aliphatic heterocycles. The van der Waals surface area contributed by atoms with Gasteiger partial charge in [-0.25, -0.2) is 9.37 Å². The minimum absolute atomic E-state index is 0.0990. The molecule has 1 unspecified atom stereocenters. The van der Waals surface area contributed by atoms with E-state index in [2.05, 4.69) is 4.90 Å². The van der Waals surface area contributed by atoms with Crippen LogP contribution >= 0.6 is 0 Å². The van der Waals surface area contributed by atoms with E-state index in [1.54, 1.807) is 12.1 Å². The number of likely N-dealkylation sites (tertiary alicyclic amines) is 1. The quantitative estimate of drug-likeness (QED) is 0.674. The fraction of sp³-hybridized carbons (Fsp3) is 0.348. The molecule has 0 spiro atoms. The number of nitrogens with zero attached hydrogens (tertiary/aromatic N) is 2. The molecule has 30 heavy (non-hydrogen) atoms. The third-order valence-corrected chi connectivity index (χ3v) is 7.42. The number of aromatic hydroxyl groups is 1. The highest BCUT2D eigenvalue weighted by Crippen LogP contribution is 2.41. The largest absolute Gasteiger partial charge is 0.504 e. The second kappa shape index (κ2) is 7.63. The van der Waals surface area contributed by atoms with Crippen molar-refractivity contribution in [1.29, 1.82) is 0 Å². The number of halogens is 1. The summed E-state index contributed by atoms with van der Waals surface area (Å²) in [4.78, 5) is 7.81. The molecule has 1 N–H and O–H groups in total. The summed E-state index contributed by atoms with van der Waals surface area (Å²) in [6, 6.07) is 8.03. The molecule has 2 aromatic carbocycles. The zero-order valence-corrected chi connectivity index (χ0v) is 17.6. The smallest absolute Gasteiger partial charge is 0.164 e. The number of rotatable bonds is 3. The first-order chi connectivity index (χ1) is 14.5. The summed E-state index contributed by atoms with van der Waals surface area (Å²) in [6.07, 6.45) is 3.51. The molecule has 3 aromatic rings. The first kappa shape index (κ1) is 19.5. The number of benzene rings is 2. The molecule has 5 nitrogen and oxygen atoms in total. The van der Waals surface area contributed by atoms with E-state index in [0.29, 0.717) is 39.7 Å². The fourth-order valence-electron chi connectivity index (χ4n) is 4.49. The number of piperidine rings is 1. The summed E-state index contributed by atoms with van der Waals surface area (Å²) in [5, 5.41) is 11.7. The fourth-order valence-corrected chi connectivity index (χ4v) is 5.77. The predicted octanol–water partition coefficient (Wildman–Crippen LogP) is 4.36. The number of hydrogen-bond acceptors (Lipinski definition) is 5. The molecule has 0 aliphatic carbocycles. The SMILES string of the molecule is COc1cc2cc3c(nc2c(CN2CCCCC2)c1O)-c1cc(F)ccc1S(=O)C3. The van der Waals surface area contributed by atoms with Gasteiger partial charge >= 0.3 is 0 Å². The van der Waals surface area contributed by atoms with Gasteiger partial charge in [-0.15, -0.1) is 0 Å². The van der Waals surface area contributed by atoms with Crippen LogP contribution in [0.5, 0.6) is 11.5 Å². The van der Waals surface area contributed by atoms with Gasteiger partial charge in [-0.2, -0.15) is 0 Å². The van der Waals surface area contributed by atoms with Crippen LogP contribution in [-0.2, 0) is 23.1 Å². The van der Waals surface area contributed by atoms with Crippen LogP contribution in [0.25, 0.3) is 22.2 Å². The van der Waals surface area contributed by atoms with Crippen LogP contribution in [0.2, 0.25) is 0 Å². The molecule has 0 amide bonds. The van der Waals surface area contributed by atoms with Crippen molar-refractivity contribution in [3.8, 4) is 22.8 Å². The van der Waals surface area contributed by atoms with E-state index in [0.717, 1.165) is 42.4 Å². The van der Waals surface area contributed by atoms with E-state index in [9.17, 15) is 13.7 Å². The molecule has 5 rings (SSSR count). The third-order valence-electron chi connectivity index (χ3n) is 6.00. The Morgan fingerprint density at radius 2 is 2.00 bits per heavy atom. The Bertz CT molecular complexity index is 1180. The molecule has 0 bridgehead atoms. The third kappa shape index (κ3) is 3.26. The van der Waals surface area contributed by atoms with Crippen molar-refractivity contribution in [2.45, 2.75) is 36.5 Å². The molecule has 7 heteroatoms. The van der Waals surface area contributed by atoms with Gasteiger partial charge in [0.05, 0.1) is 34.9 Å². The van der Waals surface area contributed by atoms with E-state index in [1.165, 1.54) is 25.7 Å². The van der Waals surface area contributed by atoms with Gasteiger partial charge in [0, 0.05) is 28.0 Å². The molecule has 1 aromatic heterocycles. The number of phenols is 1. The minimum atomic E-state index is -1.25. The van der Waals surface area contributed by atoms with E-state index >= 15 is 0 Å². The minimum Gasteiger partial charge on any atom is -0.504 e. The summed E-state index contributed by atoms with van der Waals surface area (Å²) in [6.45, 7) is 2.54. The summed E-state index contributed by atoms with van der Waals surface area (Å²) >= 11 is 0. The van der Waals surface area contributed by atoms with Crippen molar-refractivity contribution < 1.29 is 18.4 Å². The van der Waals surface area contributed by atoms with Crippen molar-refractivity contribution in [2.75, 3.05) is 20.2 Å². The van der Waals surface area contributed by atoms with Crippen molar-refractivity contribution in [3.05, 3.63) is 47.3 Å². The molecular weight excluding hydrogens is 403 g/mol. The Kier molecular flexibility index (Phi) is 4.95. The van der Waals surface area contributed by atoms with Crippen LogP contribution in [0.3, 0.4) is 0 Å². The van der Waals surface area contributed by atoms with Crippen molar-refractivity contribution in [3.63, 3.8) is 0 Å². The monoisotopic (exact) mass is 426 g/mol. The summed E-state index contributed by atoms with van der Waals surface area (Å²) in [5.41, 5.74) is 3.42. The van der Waals surface area contributed by atoms with Crippen LogP contribution in [0.1, 0.15) is 30.4 Å². The standard InChI is InChI=1S/C23H23FN2O3S/c1-29-19-10-14-9-15-13-30(28)20-6-5-16(24)11-17(20)22(15)25-21(14)18(23(19)27)12-26-7-3-2-4-8-26/h5-6,9-11,27H,2-4,7-8,12-13H2,1H3. The zero-order chi connectivity index (χ0) is 20.8. The molecular formula is C23H23FN2O3S. The van der Waals surface area contributed by atoms with Gasteiger partial charge in [0.25, 0.3) is 0 Å². The number of fused-ring (bicyclic) bond motifs is 4. The second-order valence-corrected chi connectivity index (χ2v) is 9.36. The lowest BCUT2D eigenvalue weighted by atomic mass is 10.00. The normalized spacial score (nSPS) is 18.8. The van der Waals surface area contributed by atoms with E-state index in [-0.39, 0.29) is 11.6 Å². The number of hydrogen-bond donors (Lipinski definition) is 1. The maximum absolute atomic E-state index is 14.0. The van der Waals surface area contributed by atoms with Crippen molar-refractivity contribution >= 4 is 21.7 Å². The van der Waals surface area contributed by atoms with E-state index < -0.39 is 10.8 Å². The molecule has 1 atom stereocenters. The molecule has 0 radical (unpaired) electrons. The molecule has 0 saturated carbocycles. The number of phenolic OH excluding ortho intramolecular Hbond substituents is 1. The first-order valence-electron chi connectivity index (χ1n) is 10.2. The van der Waals surface area contributed by atoms with Crippen LogP contribution in [0.4, 0.5) is 4.39 Å². The highest BCUT2D eigenvalue weighted by atomic mass is 32.2. The Morgan fingerprint density at radius 3 is 2.77 bits per heavy atom. The highest BCUT2D eigenvalue weighted by molar-refractivity contribution is 7.84. The van der Waals surface area contributed by atoms with Crippen molar-refractivity contribution in [2.24, 2.45) is 0 Å². The Hall–Kier alpha value is -2.51. The zero-order valence-electron chi connectivity index (χ0n) is 16.8. The summed E-state index contributed by atoms with van der Waals surface area (Å²) < 4.78 is 32.1. The molecule has 156 valence electrons. The summed E-state index contributed by atoms with van der Waals surface area (Å²) in [5.74, 6) is 0.454.